The molecule has 0 fully saturated rings. The van der Waals surface area contributed by atoms with Crippen LogP contribution in [0.5, 0.6) is 0 Å². The predicted octanol–water partition coefficient (Wildman–Crippen LogP) is 4.45. The van der Waals surface area contributed by atoms with E-state index in [0.29, 0.717) is 47.0 Å². The molecule has 2 heterocycles. The number of benzene rings is 2. The minimum absolute atomic E-state index is 0.0619. The summed E-state index contributed by atoms with van der Waals surface area (Å²) in [5, 5.41) is 2.13. The second kappa shape index (κ2) is 9.08. The first-order valence-corrected chi connectivity index (χ1v) is 11.1. The quantitative estimate of drug-likeness (QED) is 0.184. The van der Waals surface area contributed by atoms with Gasteiger partial charge in [-0.3, -0.25) is 9.36 Å². The van der Waals surface area contributed by atoms with Gasteiger partial charge in [0.2, 0.25) is 0 Å². The Labute approximate surface area is 183 Å². The minimum Gasteiger partial charge on any atom is -0.422 e. The third kappa shape index (κ3) is 4.29. The number of hydrogen-bond donors (Lipinski definition) is 0. The molecule has 7 heteroatoms. The van der Waals surface area contributed by atoms with Crippen molar-refractivity contribution in [2.75, 3.05) is 13.7 Å². The van der Waals surface area contributed by atoms with Gasteiger partial charge in [0.05, 0.1) is 10.9 Å². The second-order valence-electron chi connectivity index (χ2n) is 7.48. The largest absolute Gasteiger partial charge is 0.422 e. The number of hydrogen-bond acceptors (Lipinski definition) is 6. The van der Waals surface area contributed by atoms with Crippen LogP contribution in [0.1, 0.15) is 23.1 Å². The van der Waals surface area contributed by atoms with Gasteiger partial charge in [0, 0.05) is 37.5 Å². The number of nitrogens with zero attached hydrogens (tertiary/aromatic N) is 2. The van der Waals surface area contributed by atoms with E-state index in [1.807, 2.05) is 44.2 Å². The fraction of sp³-hybridized carbons (Fsp3) is 0.292. The highest BCUT2D eigenvalue weighted by atomic mass is 32.2. The molecule has 4 aromatic rings. The van der Waals surface area contributed by atoms with Crippen LogP contribution in [-0.4, -0.2) is 23.3 Å². The highest BCUT2D eigenvalue weighted by molar-refractivity contribution is 7.98. The zero-order valence-electron chi connectivity index (χ0n) is 17.8. The maximum absolute atomic E-state index is 13.1. The second-order valence-corrected chi connectivity index (χ2v) is 8.42. The molecule has 0 spiro atoms. The number of rotatable bonds is 7. The fourth-order valence-electron chi connectivity index (χ4n) is 3.61. The van der Waals surface area contributed by atoms with Gasteiger partial charge in [-0.05, 0) is 49.1 Å². The lowest BCUT2D eigenvalue weighted by molar-refractivity contribution is 0.189. The molecule has 0 aliphatic rings. The molecule has 31 heavy (non-hydrogen) atoms. The number of aromatic nitrogens is 2. The first-order valence-electron chi connectivity index (χ1n) is 10.1. The van der Waals surface area contributed by atoms with Crippen LogP contribution in [0, 0.1) is 13.8 Å². The van der Waals surface area contributed by atoms with E-state index in [-0.39, 0.29) is 11.2 Å². The molecule has 2 aromatic heterocycles. The van der Waals surface area contributed by atoms with Crippen molar-refractivity contribution in [1.82, 2.24) is 9.55 Å². The Hall–Kier alpha value is -2.90. The molecular weight excluding hydrogens is 412 g/mol. The van der Waals surface area contributed by atoms with E-state index in [9.17, 15) is 9.59 Å². The van der Waals surface area contributed by atoms with Crippen LogP contribution >= 0.6 is 11.8 Å². The van der Waals surface area contributed by atoms with Crippen molar-refractivity contribution in [2.45, 2.75) is 37.7 Å². The molecule has 160 valence electrons. The molecule has 0 N–H and O–H groups in total. The average molecular weight is 437 g/mol. The van der Waals surface area contributed by atoms with Crippen molar-refractivity contribution in [2.24, 2.45) is 0 Å². The van der Waals surface area contributed by atoms with Gasteiger partial charge in [0.25, 0.3) is 5.56 Å². The first-order chi connectivity index (χ1) is 15.0. The summed E-state index contributed by atoms with van der Waals surface area (Å²) in [6.45, 7) is 5.03. The molecule has 0 aliphatic heterocycles. The molecule has 2 aromatic carbocycles. The summed E-state index contributed by atoms with van der Waals surface area (Å²) in [5.41, 5.74) is 3.75. The van der Waals surface area contributed by atoms with Crippen molar-refractivity contribution in [3.8, 4) is 0 Å². The van der Waals surface area contributed by atoms with Crippen molar-refractivity contribution in [3.05, 3.63) is 79.9 Å². The zero-order valence-corrected chi connectivity index (χ0v) is 18.6. The normalized spacial score (nSPS) is 11.5. The molecular formula is C24H24N2O4S. The van der Waals surface area contributed by atoms with E-state index in [2.05, 4.69) is 0 Å². The van der Waals surface area contributed by atoms with Crippen molar-refractivity contribution in [1.29, 1.82) is 0 Å². The lowest BCUT2D eigenvalue weighted by Crippen LogP contribution is -2.24. The molecule has 0 saturated carbocycles. The maximum atomic E-state index is 13.1. The first kappa shape index (κ1) is 21.3. The van der Waals surface area contributed by atoms with Crippen LogP contribution < -0.4 is 11.2 Å². The van der Waals surface area contributed by atoms with Crippen LogP contribution in [0.2, 0.25) is 0 Å². The van der Waals surface area contributed by atoms with Crippen LogP contribution in [-0.2, 0) is 17.0 Å². The minimum atomic E-state index is -0.374. The van der Waals surface area contributed by atoms with Gasteiger partial charge in [-0.1, -0.05) is 36.0 Å². The molecule has 4 rings (SSSR count). The van der Waals surface area contributed by atoms with Crippen molar-refractivity contribution < 1.29 is 9.15 Å². The van der Waals surface area contributed by atoms with Gasteiger partial charge in [-0.25, -0.2) is 9.78 Å². The standard InChI is InChI=1S/C24H24N2O4S/c1-15-9-10-18-17(13-21(27)30-22(18)16(15)2)14-31-24-25-20-8-5-4-7-19(20)23(28)26(24)11-6-12-29-3/h4-5,7-10,13H,6,11-12,14H2,1-3H3. The summed E-state index contributed by atoms with van der Waals surface area (Å²) in [5.74, 6) is 0.500. The van der Waals surface area contributed by atoms with Crippen LogP contribution in [0.15, 0.2) is 61.6 Å². The summed E-state index contributed by atoms with van der Waals surface area (Å²) in [6, 6.07) is 12.9. The third-order valence-corrected chi connectivity index (χ3v) is 6.46. The lowest BCUT2D eigenvalue weighted by atomic mass is 10.0. The number of thioether (sulfide) groups is 1. The zero-order chi connectivity index (χ0) is 22.0. The van der Waals surface area contributed by atoms with Crippen LogP contribution in [0.25, 0.3) is 21.9 Å². The average Bonchev–Trinajstić information content (AvgIpc) is 2.77. The lowest BCUT2D eigenvalue weighted by Gasteiger charge is -2.14. The van der Waals surface area contributed by atoms with Gasteiger partial charge in [-0.15, -0.1) is 0 Å². The predicted molar refractivity (Wildman–Crippen MR) is 124 cm³/mol. The third-order valence-electron chi connectivity index (χ3n) is 5.43. The summed E-state index contributed by atoms with van der Waals surface area (Å²) in [7, 11) is 1.65. The molecule has 0 amide bonds. The molecule has 0 aliphatic carbocycles. The maximum Gasteiger partial charge on any atom is 0.336 e. The number of methoxy groups -OCH3 is 1. The topological polar surface area (TPSA) is 74.3 Å². The van der Waals surface area contributed by atoms with Gasteiger partial charge in [0.1, 0.15) is 5.58 Å². The van der Waals surface area contributed by atoms with Crippen molar-refractivity contribution in [3.63, 3.8) is 0 Å². The molecule has 0 atom stereocenters. The molecule has 6 nitrogen and oxygen atoms in total. The van der Waals surface area contributed by atoms with Gasteiger partial charge < -0.3 is 9.15 Å². The molecule has 0 unspecified atom stereocenters. The van der Waals surface area contributed by atoms with Gasteiger partial charge in [0.15, 0.2) is 5.16 Å². The highest BCUT2D eigenvalue weighted by Gasteiger charge is 2.14. The van der Waals surface area contributed by atoms with E-state index >= 15 is 0 Å². The van der Waals surface area contributed by atoms with E-state index < -0.39 is 0 Å². The van der Waals surface area contributed by atoms with Crippen molar-refractivity contribution >= 4 is 33.6 Å². The number of aryl methyl sites for hydroxylation is 2. The van der Waals surface area contributed by atoms with Crippen LogP contribution in [0.4, 0.5) is 0 Å². The molecule has 0 bridgehead atoms. The fourth-order valence-corrected chi connectivity index (χ4v) is 4.62. The number of fused-ring (bicyclic) bond motifs is 2. The van der Waals surface area contributed by atoms with E-state index in [1.165, 1.54) is 17.8 Å². The Morgan fingerprint density at radius 1 is 1.10 bits per heavy atom. The van der Waals surface area contributed by atoms with E-state index in [4.69, 9.17) is 14.1 Å². The number of ether oxygens (including phenoxy) is 1. The highest BCUT2D eigenvalue weighted by Crippen LogP contribution is 2.28. The van der Waals surface area contributed by atoms with E-state index in [0.717, 1.165) is 22.1 Å². The summed E-state index contributed by atoms with van der Waals surface area (Å²) in [6.07, 6.45) is 0.709. The Morgan fingerprint density at radius 2 is 1.90 bits per heavy atom. The Kier molecular flexibility index (Phi) is 6.25. The summed E-state index contributed by atoms with van der Waals surface area (Å²) >= 11 is 1.45. The SMILES string of the molecule is COCCCn1c(SCc2cc(=O)oc3c(C)c(C)ccc23)nc2ccccc2c1=O. The smallest absolute Gasteiger partial charge is 0.336 e. The summed E-state index contributed by atoms with van der Waals surface area (Å²) < 4.78 is 12.3. The van der Waals surface area contributed by atoms with E-state index in [1.54, 1.807) is 17.7 Å². The monoisotopic (exact) mass is 436 g/mol. The van der Waals surface area contributed by atoms with Gasteiger partial charge in [-0.2, -0.15) is 0 Å². The number of para-hydroxylation sites is 1. The summed E-state index contributed by atoms with van der Waals surface area (Å²) in [4.78, 5) is 30.0. The Balaban J connectivity index is 1.75. The Bertz CT molecular complexity index is 1370. The molecule has 0 radical (unpaired) electrons. The molecule has 0 saturated heterocycles. The van der Waals surface area contributed by atoms with Gasteiger partial charge >= 0.3 is 5.63 Å². The van der Waals surface area contributed by atoms with Crippen LogP contribution in [0.3, 0.4) is 0 Å². The Morgan fingerprint density at radius 3 is 2.71 bits per heavy atom.